The highest BCUT2D eigenvalue weighted by Gasteiger charge is 2.28. The Morgan fingerprint density at radius 2 is 1.82 bits per heavy atom. The summed E-state index contributed by atoms with van der Waals surface area (Å²) in [5.41, 5.74) is 5.83. The first-order chi connectivity index (χ1) is 13.1. The number of hydrogen-bond donors (Lipinski definition) is 7. The maximum Gasteiger partial charge on any atom is 0.326 e. The molecule has 8 N–H and O–H groups in total. The number of aromatic amines is 1. The second kappa shape index (κ2) is 10.6. The smallest absolute Gasteiger partial charge is 0.326 e. The number of carbonyl (C=O) groups excluding carboxylic acids is 3. The summed E-state index contributed by atoms with van der Waals surface area (Å²) in [7, 11) is 0. The number of nitrogens with one attached hydrogen (secondary N) is 4. The Hall–Kier alpha value is -3.48. The normalized spacial score (nSPS) is 13.6. The molecule has 0 saturated heterocycles. The molecule has 0 aliphatic heterocycles. The Labute approximate surface area is 159 Å². The zero-order valence-corrected chi connectivity index (χ0v) is 15.0. The van der Waals surface area contributed by atoms with Gasteiger partial charge in [-0.05, 0) is 6.92 Å². The van der Waals surface area contributed by atoms with Crippen molar-refractivity contribution in [3.05, 3.63) is 18.2 Å². The SMILES string of the molecule is CC(N)C(=O)NCC(=O)NC(Cc1cnc[nH]1)C(=O)NC(CC(=O)O)C(=O)O. The van der Waals surface area contributed by atoms with Crippen LogP contribution in [0.25, 0.3) is 0 Å². The van der Waals surface area contributed by atoms with Crippen molar-refractivity contribution in [2.75, 3.05) is 6.54 Å². The zero-order chi connectivity index (χ0) is 21.3. The lowest BCUT2D eigenvalue weighted by atomic mass is 10.1. The van der Waals surface area contributed by atoms with Gasteiger partial charge < -0.3 is 36.9 Å². The molecule has 0 spiro atoms. The highest BCUT2D eigenvalue weighted by atomic mass is 16.4. The molecule has 1 heterocycles. The molecule has 0 bridgehead atoms. The number of rotatable bonds is 11. The van der Waals surface area contributed by atoms with E-state index >= 15 is 0 Å². The summed E-state index contributed by atoms with van der Waals surface area (Å²) in [5, 5.41) is 24.5. The Morgan fingerprint density at radius 3 is 2.32 bits per heavy atom. The van der Waals surface area contributed by atoms with Gasteiger partial charge in [-0.1, -0.05) is 0 Å². The van der Waals surface area contributed by atoms with Crippen LogP contribution in [-0.2, 0) is 30.4 Å². The van der Waals surface area contributed by atoms with Gasteiger partial charge in [0.2, 0.25) is 17.7 Å². The van der Waals surface area contributed by atoms with Gasteiger partial charge in [0.05, 0.1) is 25.3 Å². The molecule has 1 aromatic heterocycles. The predicted octanol–water partition coefficient (Wildman–Crippen LogP) is -3.06. The number of carboxylic acids is 2. The highest BCUT2D eigenvalue weighted by Crippen LogP contribution is 2.01. The molecule has 3 atom stereocenters. The van der Waals surface area contributed by atoms with Crippen molar-refractivity contribution < 1.29 is 34.2 Å². The quantitative estimate of drug-likeness (QED) is 0.201. The third kappa shape index (κ3) is 7.82. The van der Waals surface area contributed by atoms with Crippen LogP contribution in [0.4, 0.5) is 0 Å². The lowest BCUT2D eigenvalue weighted by Crippen LogP contribution is -2.54. The minimum atomic E-state index is -1.68. The Balaban J connectivity index is 2.81. The topological polar surface area (TPSA) is 217 Å². The number of amides is 3. The zero-order valence-electron chi connectivity index (χ0n) is 15.0. The summed E-state index contributed by atoms with van der Waals surface area (Å²) in [6, 6.07) is -3.75. The van der Waals surface area contributed by atoms with Crippen molar-refractivity contribution in [3.8, 4) is 0 Å². The van der Waals surface area contributed by atoms with E-state index in [0.717, 1.165) is 0 Å². The van der Waals surface area contributed by atoms with E-state index in [9.17, 15) is 24.0 Å². The van der Waals surface area contributed by atoms with Gasteiger partial charge in [-0.15, -0.1) is 0 Å². The molecule has 28 heavy (non-hydrogen) atoms. The van der Waals surface area contributed by atoms with E-state index in [4.69, 9.17) is 15.9 Å². The minimum absolute atomic E-state index is 0.0712. The van der Waals surface area contributed by atoms with Crippen LogP contribution in [0.5, 0.6) is 0 Å². The molecule has 3 unspecified atom stereocenters. The van der Waals surface area contributed by atoms with Crippen LogP contribution in [0.1, 0.15) is 19.0 Å². The van der Waals surface area contributed by atoms with E-state index in [-0.39, 0.29) is 6.42 Å². The standard InChI is InChI=1S/C15H22N6O7/c1-7(16)13(25)18-5-11(22)20-9(2-8-4-17-6-19-8)14(26)21-10(15(27)28)3-12(23)24/h4,6-7,9-10H,2-3,5,16H2,1H3,(H,17,19)(H,18,25)(H,20,22)(H,21,26)(H,23,24)(H,27,28). The summed E-state index contributed by atoms with van der Waals surface area (Å²) in [4.78, 5) is 64.3. The molecule has 0 aliphatic rings. The van der Waals surface area contributed by atoms with Gasteiger partial charge in [0.25, 0.3) is 0 Å². The largest absolute Gasteiger partial charge is 0.481 e. The van der Waals surface area contributed by atoms with E-state index in [1.807, 2.05) is 0 Å². The van der Waals surface area contributed by atoms with E-state index in [1.54, 1.807) is 0 Å². The van der Waals surface area contributed by atoms with Crippen molar-refractivity contribution in [2.24, 2.45) is 5.73 Å². The van der Waals surface area contributed by atoms with Crippen LogP contribution in [-0.4, -0.2) is 74.5 Å². The number of nitrogens with two attached hydrogens (primary N) is 1. The molecule has 1 aromatic rings. The number of carbonyl (C=O) groups is 5. The van der Waals surface area contributed by atoms with Crippen LogP contribution in [0.3, 0.4) is 0 Å². The summed E-state index contributed by atoms with van der Waals surface area (Å²) >= 11 is 0. The molecule has 13 nitrogen and oxygen atoms in total. The lowest BCUT2D eigenvalue weighted by molar-refractivity contribution is -0.147. The molecule has 154 valence electrons. The monoisotopic (exact) mass is 398 g/mol. The second-order valence-corrected chi connectivity index (χ2v) is 5.90. The van der Waals surface area contributed by atoms with E-state index < -0.39 is 60.8 Å². The Kier molecular flexibility index (Phi) is 8.55. The first-order valence-electron chi connectivity index (χ1n) is 8.15. The fraction of sp³-hybridized carbons (Fsp3) is 0.467. The summed E-state index contributed by atoms with van der Waals surface area (Å²) in [6.07, 6.45) is 1.84. The third-order valence-electron chi connectivity index (χ3n) is 3.46. The van der Waals surface area contributed by atoms with Gasteiger partial charge in [0, 0.05) is 18.3 Å². The van der Waals surface area contributed by atoms with Gasteiger partial charge in [0.15, 0.2) is 0 Å². The molecular weight excluding hydrogens is 376 g/mol. The first-order valence-corrected chi connectivity index (χ1v) is 8.15. The molecule has 0 aromatic carbocycles. The van der Waals surface area contributed by atoms with E-state index in [2.05, 4.69) is 25.9 Å². The number of carboxylic acid groups (broad SMARTS) is 2. The minimum Gasteiger partial charge on any atom is -0.481 e. The molecule has 13 heteroatoms. The number of nitrogens with zero attached hydrogens (tertiary/aromatic N) is 1. The molecule has 0 radical (unpaired) electrons. The fourth-order valence-electron chi connectivity index (χ4n) is 2.05. The Bertz CT molecular complexity index is 718. The van der Waals surface area contributed by atoms with Crippen molar-refractivity contribution in [1.82, 2.24) is 25.9 Å². The van der Waals surface area contributed by atoms with Crippen LogP contribution in [0, 0.1) is 0 Å². The van der Waals surface area contributed by atoms with Crippen molar-refractivity contribution in [2.45, 2.75) is 37.9 Å². The number of hydrogen-bond acceptors (Lipinski definition) is 7. The number of imidazole rings is 1. The predicted molar refractivity (Wildman–Crippen MR) is 92.7 cm³/mol. The van der Waals surface area contributed by atoms with E-state index in [1.165, 1.54) is 19.4 Å². The van der Waals surface area contributed by atoms with Gasteiger partial charge in [0.1, 0.15) is 12.1 Å². The van der Waals surface area contributed by atoms with Gasteiger partial charge in [-0.25, -0.2) is 9.78 Å². The van der Waals surface area contributed by atoms with Crippen LogP contribution < -0.4 is 21.7 Å². The third-order valence-corrected chi connectivity index (χ3v) is 3.46. The van der Waals surface area contributed by atoms with Crippen LogP contribution >= 0.6 is 0 Å². The first kappa shape index (κ1) is 22.6. The van der Waals surface area contributed by atoms with Crippen molar-refractivity contribution in [1.29, 1.82) is 0 Å². The van der Waals surface area contributed by atoms with Gasteiger partial charge in [-0.3, -0.25) is 19.2 Å². The molecule has 1 rings (SSSR count). The lowest BCUT2D eigenvalue weighted by Gasteiger charge is -2.20. The van der Waals surface area contributed by atoms with Crippen LogP contribution in [0.15, 0.2) is 12.5 Å². The summed E-state index contributed by atoms with van der Waals surface area (Å²) < 4.78 is 0. The maximum absolute atomic E-state index is 12.4. The average Bonchev–Trinajstić information content (AvgIpc) is 3.10. The molecule has 0 saturated carbocycles. The van der Waals surface area contributed by atoms with E-state index in [0.29, 0.717) is 5.69 Å². The van der Waals surface area contributed by atoms with Crippen molar-refractivity contribution in [3.63, 3.8) is 0 Å². The number of aliphatic carboxylic acids is 2. The maximum atomic E-state index is 12.4. The summed E-state index contributed by atoms with van der Waals surface area (Å²) in [5.74, 6) is -5.15. The number of aromatic nitrogens is 2. The highest BCUT2D eigenvalue weighted by molar-refractivity contribution is 5.93. The van der Waals surface area contributed by atoms with Gasteiger partial charge >= 0.3 is 11.9 Å². The van der Waals surface area contributed by atoms with Crippen molar-refractivity contribution >= 4 is 29.7 Å². The molecule has 0 aliphatic carbocycles. The summed E-state index contributed by atoms with van der Waals surface area (Å²) in [6.45, 7) is 0.973. The molecular formula is C15H22N6O7. The fourth-order valence-corrected chi connectivity index (χ4v) is 2.05. The molecule has 0 fully saturated rings. The molecule has 3 amide bonds. The van der Waals surface area contributed by atoms with Gasteiger partial charge in [-0.2, -0.15) is 0 Å². The number of H-pyrrole nitrogens is 1. The average molecular weight is 398 g/mol. The van der Waals surface area contributed by atoms with Crippen LogP contribution in [0.2, 0.25) is 0 Å². The Morgan fingerprint density at radius 1 is 1.14 bits per heavy atom. The second-order valence-electron chi connectivity index (χ2n) is 5.90.